The van der Waals surface area contributed by atoms with Gasteiger partial charge in [0, 0.05) is 29.7 Å². The molecule has 0 aliphatic carbocycles. The van der Waals surface area contributed by atoms with Crippen LogP contribution >= 0.6 is 0 Å². The third-order valence-electron chi connectivity index (χ3n) is 2.71. The lowest BCUT2D eigenvalue weighted by molar-refractivity contribution is 0.432. The summed E-state index contributed by atoms with van der Waals surface area (Å²) < 4.78 is 5.22. The monoisotopic (exact) mass is 254 g/mol. The Morgan fingerprint density at radius 1 is 1.26 bits per heavy atom. The molecule has 0 aliphatic heterocycles. The van der Waals surface area contributed by atoms with Gasteiger partial charge in [0.15, 0.2) is 0 Å². The SMILES string of the molecule is Cc1ncccc1-c1nc(-c2ccc(=O)[nH]c2)no1. The van der Waals surface area contributed by atoms with Crippen molar-refractivity contribution in [2.45, 2.75) is 6.92 Å². The summed E-state index contributed by atoms with van der Waals surface area (Å²) in [5.74, 6) is 0.835. The summed E-state index contributed by atoms with van der Waals surface area (Å²) in [5.41, 5.74) is 2.14. The average molecular weight is 254 g/mol. The van der Waals surface area contributed by atoms with Crippen molar-refractivity contribution in [3.63, 3.8) is 0 Å². The van der Waals surface area contributed by atoms with Gasteiger partial charge in [0.1, 0.15) is 0 Å². The summed E-state index contributed by atoms with van der Waals surface area (Å²) in [6.07, 6.45) is 3.26. The van der Waals surface area contributed by atoms with Gasteiger partial charge < -0.3 is 9.51 Å². The van der Waals surface area contributed by atoms with Crippen LogP contribution in [-0.4, -0.2) is 20.1 Å². The van der Waals surface area contributed by atoms with Crippen LogP contribution in [0.15, 0.2) is 46.0 Å². The first-order valence-electron chi connectivity index (χ1n) is 5.69. The van der Waals surface area contributed by atoms with Gasteiger partial charge >= 0.3 is 0 Å². The molecule has 0 spiro atoms. The minimum Gasteiger partial charge on any atom is -0.334 e. The summed E-state index contributed by atoms with van der Waals surface area (Å²) in [6.45, 7) is 1.87. The number of nitrogens with one attached hydrogen (secondary N) is 1. The van der Waals surface area contributed by atoms with Crippen LogP contribution in [0.25, 0.3) is 22.8 Å². The molecule has 6 heteroatoms. The van der Waals surface area contributed by atoms with E-state index in [0.717, 1.165) is 11.3 Å². The van der Waals surface area contributed by atoms with E-state index in [4.69, 9.17) is 4.52 Å². The van der Waals surface area contributed by atoms with Gasteiger partial charge in [-0.15, -0.1) is 0 Å². The quantitative estimate of drug-likeness (QED) is 0.753. The highest BCUT2D eigenvalue weighted by atomic mass is 16.5. The predicted octanol–water partition coefficient (Wildman–Crippen LogP) is 1.80. The third-order valence-corrected chi connectivity index (χ3v) is 2.71. The predicted molar refractivity (Wildman–Crippen MR) is 68.3 cm³/mol. The standard InChI is InChI=1S/C13H10N4O2/c1-8-10(3-2-6-14-8)13-16-12(17-19-13)9-4-5-11(18)15-7-9/h2-7H,1H3,(H,15,18). The molecule has 19 heavy (non-hydrogen) atoms. The van der Waals surface area contributed by atoms with Crippen molar-refractivity contribution in [1.29, 1.82) is 0 Å². The number of rotatable bonds is 2. The van der Waals surface area contributed by atoms with Crippen LogP contribution in [0.1, 0.15) is 5.69 Å². The number of H-pyrrole nitrogens is 1. The van der Waals surface area contributed by atoms with Crippen molar-refractivity contribution in [3.05, 3.63) is 52.7 Å². The van der Waals surface area contributed by atoms with E-state index in [1.54, 1.807) is 18.5 Å². The van der Waals surface area contributed by atoms with Gasteiger partial charge in [0.25, 0.3) is 5.89 Å². The molecule has 0 aromatic carbocycles. The van der Waals surface area contributed by atoms with Crippen LogP contribution in [-0.2, 0) is 0 Å². The zero-order valence-electron chi connectivity index (χ0n) is 10.1. The molecule has 0 fully saturated rings. The Kier molecular flexibility index (Phi) is 2.68. The second kappa shape index (κ2) is 4.49. The Morgan fingerprint density at radius 3 is 2.89 bits per heavy atom. The van der Waals surface area contributed by atoms with Gasteiger partial charge in [0.2, 0.25) is 11.4 Å². The molecule has 3 heterocycles. The summed E-state index contributed by atoms with van der Waals surface area (Å²) in [4.78, 5) is 22.0. The number of hydrogen-bond acceptors (Lipinski definition) is 5. The highest BCUT2D eigenvalue weighted by molar-refractivity contribution is 5.60. The fraction of sp³-hybridized carbons (Fsp3) is 0.0769. The lowest BCUT2D eigenvalue weighted by Gasteiger charge is -1.96. The molecular weight excluding hydrogens is 244 g/mol. The first-order chi connectivity index (χ1) is 9.24. The molecule has 0 atom stereocenters. The number of nitrogens with zero attached hydrogens (tertiary/aromatic N) is 3. The van der Waals surface area contributed by atoms with Gasteiger partial charge in [-0.1, -0.05) is 5.16 Å². The molecule has 3 rings (SSSR count). The number of hydrogen-bond donors (Lipinski definition) is 1. The largest absolute Gasteiger partial charge is 0.334 e. The minimum absolute atomic E-state index is 0.171. The van der Waals surface area contributed by atoms with Crippen LogP contribution in [0.5, 0.6) is 0 Å². The molecule has 0 saturated heterocycles. The molecule has 0 radical (unpaired) electrons. The molecule has 0 unspecified atom stereocenters. The molecule has 0 saturated carbocycles. The topological polar surface area (TPSA) is 84.7 Å². The highest BCUT2D eigenvalue weighted by Crippen LogP contribution is 2.22. The van der Waals surface area contributed by atoms with Crippen molar-refractivity contribution in [3.8, 4) is 22.8 Å². The van der Waals surface area contributed by atoms with E-state index < -0.39 is 0 Å². The molecule has 0 bridgehead atoms. The van der Waals surface area contributed by atoms with Crippen LogP contribution < -0.4 is 5.56 Å². The Labute approximate surface area is 108 Å². The molecule has 0 amide bonds. The molecule has 3 aromatic rings. The first kappa shape index (κ1) is 11.3. The smallest absolute Gasteiger partial charge is 0.260 e. The normalized spacial score (nSPS) is 10.6. The van der Waals surface area contributed by atoms with Crippen molar-refractivity contribution in [1.82, 2.24) is 20.1 Å². The first-order valence-corrected chi connectivity index (χ1v) is 5.69. The average Bonchev–Trinajstić information content (AvgIpc) is 2.89. The van der Waals surface area contributed by atoms with Crippen molar-refractivity contribution in [2.75, 3.05) is 0 Å². The lowest BCUT2D eigenvalue weighted by atomic mass is 10.2. The Hall–Kier alpha value is -2.76. The number of aromatic nitrogens is 4. The highest BCUT2D eigenvalue weighted by Gasteiger charge is 2.12. The summed E-state index contributed by atoms with van der Waals surface area (Å²) in [6, 6.07) is 6.74. The zero-order chi connectivity index (χ0) is 13.2. The third kappa shape index (κ3) is 2.15. The van der Waals surface area contributed by atoms with Gasteiger partial charge in [-0.05, 0) is 25.1 Å². The Bertz CT molecular complexity index is 756. The van der Waals surface area contributed by atoms with E-state index >= 15 is 0 Å². The van der Waals surface area contributed by atoms with Crippen LogP contribution in [0.3, 0.4) is 0 Å². The number of aryl methyl sites for hydroxylation is 1. The van der Waals surface area contributed by atoms with E-state index in [9.17, 15) is 4.79 Å². The fourth-order valence-corrected chi connectivity index (χ4v) is 1.71. The van der Waals surface area contributed by atoms with Crippen molar-refractivity contribution < 1.29 is 4.52 Å². The van der Waals surface area contributed by atoms with Crippen LogP contribution in [0.4, 0.5) is 0 Å². The molecule has 0 aliphatic rings. The maximum atomic E-state index is 11.0. The summed E-state index contributed by atoms with van der Waals surface area (Å²) in [5, 5.41) is 3.90. The van der Waals surface area contributed by atoms with E-state index in [2.05, 4.69) is 20.1 Å². The van der Waals surface area contributed by atoms with Crippen molar-refractivity contribution >= 4 is 0 Å². The summed E-state index contributed by atoms with van der Waals surface area (Å²) >= 11 is 0. The Balaban J connectivity index is 2.02. The molecule has 3 aromatic heterocycles. The minimum atomic E-state index is -0.171. The number of pyridine rings is 2. The molecular formula is C13H10N4O2. The van der Waals surface area contributed by atoms with Gasteiger partial charge in [-0.25, -0.2) is 0 Å². The molecule has 6 nitrogen and oxygen atoms in total. The van der Waals surface area contributed by atoms with Crippen LogP contribution in [0.2, 0.25) is 0 Å². The second-order valence-electron chi connectivity index (χ2n) is 4.00. The zero-order valence-corrected chi connectivity index (χ0v) is 10.1. The van der Waals surface area contributed by atoms with Crippen LogP contribution in [0, 0.1) is 6.92 Å². The van der Waals surface area contributed by atoms with E-state index in [0.29, 0.717) is 17.3 Å². The van der Waals surface area contributed by atoms with E-state index in [1.165, 1.54) is 6.07 Å². The fourth-order valence-electron chi connectivity index (χ4n) is 1.71. The summed E-state index contributed by atoms with van der Waals surface area (Å²) in [7, 11) is 0. The van der Waals surface area contributed by atoms with E-state index in [-0.39, 0.29) is 5.56 Å². The van der Waals surface area contributed by atoms with E-state index in [1.807, 2.05) is 19.1 Å². The maximum Gasteiger partial charge on any atom is 0.260 e. The molecule has 1 N–H and O–H groups in total. The molecule has 94 valence electrons. The Morgan fingerprint density at radius 2 is 2.16 bits per heavy atom. The van der Waals surface area contributed by atoms with Gasteiger partial charge in [-0.2, -0.15) is 4.98 Å². The maximum absolute atomic E-state index is 11.0. The van der Waals surface area contributed by atoms with Gasteiger partial charge in [-0.3, -0.25) is 9.78 Å². The second-order valence-corrected chi connectivity index (χ2v) is 4.00. The number of aromatic amines is 1. The van der Waals surface area contributed by atoms with Crippen molar-refractivity contribution in [2.24, 2.45) is 0 Å². The van der Waals surface area contributed by atoms with Gasteiger partial charge in [0.05, 0.1) is 5.56 Å². The lowest BCUT2D eigenvalue weighted by Crippen LogP contribution is -2.01.